The molecular weight excluding hydrogens is 380 g/mol. The summed E-state index contributed by atoms with van der Waals surface area (Å²) in [5.74, 6) is 1.56. The summed E-state index contributed by atoms with van der Waals surface area (Å²) in [5, 5.41) is 0. The van der Waals surface area contributed by atoms with Crippen molar-refractivity contribution in [3.05, 3.63) is 53.6 Å². The number of hydrogen-bond acceptors (Lipinski definition) is 6. The van der Waals surface area contributed by atoms with Gasteiger partial charge in [-0.25, -0.2) is 9.97 Å². The highest BCUT2D eigenvalue weighted by Crippen LogP contribution is 2.24. The number of carbonyl (C=O) groups is 1. The molecule has 160 valence electrons. The first kappa shape index (κ1) is 20.8. The quantitative estimate of drug-likeness (QED) is 0.756. The van der Waals surface area contributed by atoms with E-state index < -0.39 is 0 Å². The molecule has 0 unspecified atom stereocenters. The molecule has 0 bridgehead atoms. The van der Waals surface area contributed by atoms with Crippen molar-refractivity contribution in [2.24, 2.45) is 0 Å². The molecule has 0 N–H and O–H groups in total. The predicted octanol–water partition coefficient (Wildman–Crippen LogP) is 2.23. The van der Waals surface area contributed by atoms with Crippen molar-refractivity contribution in [2.75, 3.05) is 33.4 Å². The molecule has 1 aromatic carbocycles. The van der Waals surface area contributed by atoms with E-state index in [1.807, 2.05) is 38.2 Å². The smallest absolute Gasteiger partial charge is 0.260 e. The van der Waals surface area contributed by atoms with Crippen LogP contribution in [-0.4, -0.2) is 71.2 Å². The maximum atomic E-state index is 12.9. The monoisotopic (exact) mass is 410 g/mol. The Balaban J connectivity index is 1.46. The average molecular weight is 411 g/mol. The fourth-order valence-corrected chi connectivity index (χ4v) is 4.25. The molecule has 2 aromatic rings. The second-order valence-electron chi connectivity index (χ2n) is 8.12. The number of amides is 1. The molecule has 0 spiro atoms. The van der Waals surface area contributed by atoms with E-state index >= 15 is 0 Å². The molecule has 1 saturated heterocycles. The first-order valence-electron chi connectivity index (χ1n) is 10.7. The molecule has 1 aromatic heterocycles. The summed E-state index contributed by atoms with van der Waals surface area (Å²) in [6.45, 7) is 4.91. The van der Waals surface area contributed by atoms with Crippen LogP contribution in [0.5, 0.6) is 5.75 Å². The molecule has 1 fully saturated rings. The Bertz CT molecular complexity index is 875. The molecule has 3 heterocycles. The van der Waals surface area contributed by atoms with Crippen molar-refractivity contribution in [1.29, 1.82) is 0 Å². The van der Waals surface area contributed by atoms with Crippen LogP contribution in [0.15, 0.2) is 36.5 Å². The predicted molar refractivity (Wildman–Crippen MR) is 113 cm³/mol. The van der Waals surface area contributed by atoms with Crippen LogP contribution in [0.2, 0.25) is 0 Å². The van der Waals surface area contributed by atoms with Crippen LogP contribution < -0.4 is 4.74 Å². The van der Waals surface area contributed by atoms with Crippen LogP contribution >= 0.6 is 0 Å². The number of aromatic nitrogens is 2. The summed E-state index contributed by atoms with van der Waals surface area (Å²) in [6.07, 6.45) is 4.73. The largest absolute Gasteiger partial charge is 0.483 e. The van der Waals surface area contributed by atoms with Gasteiger partial charge in [-0.2, -0.15) is 0 Å². The third kappa shape index (κ3) is 4.96. The van der Waals surface area contributed by atoms with Gasteiger partial charge in [-0.1, -0.05) is 18.2 Å². The Morgan fingerprint density at radius 3 is 2.90 bits per heavy atom. The van der Waals surface area contributed by atoms with E-state index in [1.54, 1.807) is 11.1 Å². The molecule has 30 heavy (non-hydrogen) atoms. The molecule has 0 saturated carbocycles. The lowest BCUT2D eigenvalue weighted by Crippen LogP contribution is -2.47. The van der Waals surface area contributed by atoms with Crippen LogP contribution in [0.25, 0.3) is 0 Å². The second-order valence-corrected chi connectivity index (χ2v) is 8.12. The van der Waals surface area contributed by atoms with Crippen LogP contribution in [0, 0.1) is 6.92 Å². The maximum Gasteiger partial charge on any atom is 0.260 e. The minimum Gasteiger partial charge on any atom is -0.483 e. The van der Waals surface area contributed by atoms with Gasteiger partial charge in [0.2, 0.25) is 0 Å². The van der Waals surface area contributed by atoms with E-state index in [1.165, 1.54) is 0 Å². The third-order valence-electron chi connectivity index (χ3n) is 5.92. The molecule has 7 heteroatoms. The normalized spacial score (nSPS) is 23.5. The molecule has 1 amide bonds. The standard InChI is InChI=1S/C23H30N4O3/c1-17-24-11-10-19(25-17)13-27-14-20-22(15-27)29-12-6-5-8-18-7-3-4-9-21(18)30-16-23(28)26(20)2/h3-4,7,9-11,20,22H,5-6,8,12-16H2,1-2H3/t20-,22-/m0/s1. The number of carbonyl (C=O) groups excluding carboxylic acids is 1. The van der Waals surface area contributed by atoms with Crippen molar-refractivity contribution < 1.29 is 14.3 Å². The van der Waals surface area contributed by atoms with E-state index in [0.29, 0.717) is 6.61 Å². The molecule has 2 aliphatic heterocycles. The molecule has 2 atom stereocenters. The van der Waals surface area contributed by atoms with Crippen LogP contribution in [-0.2, 0) is 22.5 Å². The zero-order valence-electron chi connectivity index (χ0n) is 17.8. The summed E-state index contributed by atoms with van der Waals surface area (Å²) in [4.78, 5) is 25.7. The Morgan fingerprint density at radius 2 is 2.03 bits per heavy atom. The van der Waals surface area contributed by atoms with Gasteiger partial charge < -0.3 is 14.4 Å². The number of rotatable bonds is 2. The van der Waals surface area contributed by atoms with Crippen molar-refractivity contribution in [1.82, 2.24) is 19.8 Å². The van der Waals surface area contributed by atoms with E-state index in [4.69, 9.17) is 9.47 Å². The van der Waals surface area contributed by atoms with Gasteiger partial charge in [-0.3, -0.25) is 9.69 Å². The van der Waals surface area contributed by atoms with E-state index in [-0.39, 0.29) is 24.7 Å². The lowest BCUT2D eigenvalue weighted by Gasteiger charge is -2.29. The Hall–Kier alpha value is -2.51. The lowest BCUT2D eigenvalue weighted by molar-refractivity contribution is -0.136. The zero-order valence-corrected chi connectivity index (χ0v) is 17.8. The van der Waals surface area contributed by atoms with Crippen LogP contribution in [0.4, 0.5) is 0 Å². The van der Waals surface area contributed by atoms with Gasteiger partial charge in [-0.05, 0) is 43.9 Å². The summed E-state index contributed by atoms with van der Waals surface area (Å²) in [6, 6.07) is 9.94. The van der Waals surface area contributed by atoms with Crippen LogP contribution in [0.3, 0.4) is 0 Å². The third-order valence-corrected chi connectivity index (χ3v) is 5.92. The Morgan fingerprint density at radius 1 is 1.17 bits per heavy atom. The number of aryl methyl sites for hydroxylation is 2. The number of likely N-dealkylation sites (tertiary alicyclic amines) is 1. The van der Waals surface area contributed by atoms with Gasteiger partial charge >= 0.3 is 0 Å². The highest BCUT2D eigenvalue weighted by atomic mass is 16.5. The molecule has 0 aliphatic carbocycles. The fraction of sp³-hybridized carbons (Fsp3) is 0.522. The number of fused-ring (bicyclic) bond motifs is 2. The van der Waals surface area contributed by atoms with E-state index in [2.05, 4.69) is 20.9 Å². The molecular formula is C23H30N4O3. The first-order chi connectivity index (χ1) is 14.6. The summed E-state index contributed by atoms with van der Waals surface area (Å²) >= 11 is 0. The number of ether oxygens (including phenoxy) is 2. The van der Waals surface area contributed by atoms with Gasteiger partial charge in [0.1, 0.15) is 11.6 Å². The van der Waals surface area contributed by atoms with Gasteiger partial charge in [0.05, 0.1) is 17.8 Å². The average Bonchev–Trinajstić information content (AvgIpc) is 3.14. The number of hydrogen-bond donors (Lipinski definition) is 0. The maximum absolute atomic E-state index is 12.9. The van der Waals surface area contributed by atoms with E-state index in [9.17, 15) is 4.79 Å². The minimum atomic E-state index is -0.0256. The summed E-state index contributed by atoms with van der Waals surface area (Å²) in [5.41, 5.74) is 2.14. The van der Waals surface area contributed by atoms with Crippen molar-refractivity contribution in [3.8, 4) is 5.75 Å². The van der Waals surface area contributed by atoms with Gasteiger partial charge in [0.15, 0.2) is 6.61 Å². The Kier molecular flexibility index (Phi) is 6.59. The van der Waals surface area contributed by atoms with E-state index in [0.717, 1.165) is 61.7 Å². The molecule has 2 aliphatic rings. The van der Waals surface area contributed by atoms with Crippen molar-refractivity contribution in [3.63, 3.8) is 0 Å². The topological polar surface area (TPSA) is 67.8 Å². The van der Waals surface area contributed by atoms with Crippen molar-refractivity contribution >= 4 is 5.91 Å². The fourth-order valence-electron chi connectivity index (χ4n) is 4.25. The molecule has 7 nitrogen and oxygen atoms in total. The molecule has 0 radical (unpaired) electrons. The van der Waals surface area contributed by atoms with Crippen LogP contribution in [0.1, 0.15) is 29.9 Å². The minimum absolute atomic E-state index is 0.0000287. The summed E-state index contributed by atoms with van der Waals surface area (Å²) < 4.78 is 12.2. The van der Waals surface area contributed by atoms with Gasteiger partial charge in [-0.15, -0.1) is 0 Å². The first-order valence-corrected chi connectivity index (χ1v) is 10.7. The van der Waals surface area contributed by atoms with Crippen molar-refractivity contribution in [2.45, 2.75) is 44.9 Å². The SMILES string of the molecule is Cc1nccc(CN2C[C@@H]3OCCCCc4ccccc4OCC(=O)N(C)[C@H]3C2)n1. The highest BCUT2D eigenvalue weighted by Gasteiger charge is 2.38. The van der Waals surface area contributed by atoms with Gasteiger partial charge in [0.25, 0.3) is 5.91 Å². The zero-order chi connectivity index (χ0) is 20.9. The molecule has 4 rings (SSSR count). The number of likely N-dealkylation sites (N-methyl/N-ethyl adjacent to an activating group) is 1. The Labute approximate surface area is 178 Å². The second kappa shape index (κ2) is 9.53. The number of benzene rings is 1. The van der Waals surface area contributed by atoms with Gasteiger partial charge in [0, 0.05) is 39.5 Å². The highest BCUT2D eigenvalue weighted by molar-refractivity contribution is 5.78. The summed E-state index contributed by atoms with van der Waals surface area (Å²) in [7, 11) is 1.86. The number of para-hydroxylation sites is 1. The lowest BCUT2D eigenvalue weighted by atomic mass is 10.1. The number of nitrogens with zero attached hydrogens (tertiary/aromatic N) is 4.